The van der Waals surface area contributed by atoms with E-state index in [-0.39, 0.29) is 25.3 Å². The summed E-state index contributed by atoms with van der Waals surface area (Å²) in [5.74, 6) is -0.796. The summed E-state index contributed by atoms with van der Waals surface area (Å²) in [5.41, 5.74) is 1.54. The van der Waals surface area contributed by atoms with E-state index in [9.17, 15) is 19.5 Å². The number of ether oxygens (including phenoxy) is 2. The molecule has 0 saturated carbocycles. The molecule has 1 atom stereocenters. The second kappa shape index (κ2) is 11.7. The molecule has 34 heavy (non-hydrogen) atoms. The molecule has 2 aromatic carbocycles. The van der Waals surface area contributed by atoms with Crippen molar-refractivity contribution in [3.05, 3.63) is 64.6 Å². The van der Waals surface area contributed by atoms with Crippen LogP contribution in [-0.2, 0) is 20.8 Å². The van der Waals surface area contributed by atoms with Gasteiger partial charge in [-0.25, -0.2) is 4.79 Å². The maximum atomic E-state index is 12.8. The highest BCUT2D eigenvalue weighted by molar-refractivity contribution is 8.26. The fourth-order valence-electron chi connectivity index (χ4n) is 3.32. The minimum atomic E-state index is -1.12. The number of rotatable bonds is 10. The lowest BCUT2D eigenvalue weighted by atomic mass is 10.1. The molecular formula is C24H24N2O6S2. The zero-order valence-corrected chi connectivity index (χ0v) is 20.3. The van der Waals surface area contributed by atoms with E-state index in [4.69, 9.17) is 21.7 Å². The monoisotopic (exact) mass is 500 g/mol. The Bertz CT molecular complexity index is 1120. The number of carboxylic acids is 1. The quantitative estimate of drug-likeness (QED) is 0.379. The minimum absolute atomic E-state index is 0.0530. The van der Waals surface area contributed by atoms with E-state index in [2.05, 4.69) is 5.32 Å². The van der Waals surface area contributed by atoms with Gasteiger partial charge in [-0.2, -0.15) is 0 Å². The maximum absolute atomic E-state index is 12.8. The highest BCUT2D eigenvalue weighted by Gasteiger charge is 2.32. The molecule has 0 aliphatic carbocycles. The topological polar surface area (TPSA) is 105 Å². The highest BCUT2D eigenvalue weighted by atomic mass is 32.2. The van der Waals surface area contributed by atoms with E-state index in [1.165, 1.54) is 12.0 Å². The maximum Gasteiger partial charge on any atom is 0.326 e. The van der Waals surface area contributed by atoms with Gasteiger partial charge in [0.2, 0.25) is 5.91 Å². The Hall–Kier alpha value is -3.37. The number of carboxylic acid groups (broad SMARTS) is 1. The van der Waals surface area contributed by atoms with Crippen molar-refractivity contribution >= 4 is 52.2 Å². The normalized spacial score (nSPS) is 15.4. The van der Waals surface area contributed by atoms with Crippen LogP contribution < -0.4 is 14.8 Å². The summed E-state index contributed by atoms with van der Waals surface area (Å²) in [6.45, 7) is 0.0530. The van der Waals surface area contributed by atoms with Gasteiger partial charge in [0, 0.05) is 19.4 Å². The van der Waals surface area contributed by atoms with Crippen LogP contribution in [0, 0.1) is 0 Å². The average Bonchev–Trinajstić information content (AvgIpc) is 3.09. The third-order valence-electron chi connectivity index (χ3n) is 5.06. The molecular weight excluding hydrogens is 476 g/mol. The number of nitrogens with one attached hydrogen (secondary N) is 1. The Morgan fingerprint density at radius 1 is 1.15 bits per heavy atom. The second-order valence-electron chi connectivity index (χ2n) is 7.35. The number of amides is 2. The largest absolute Gasteiger partial charge is 0.493 e. The number of benzene rings is 2. The Balaban J connectivity index is 1.61. The first-order chi connectivity index (χ1) is 16.3. The zero-order valence-electron chi connectivity index (χ0n) is 18.6. The van der Waals surface area contributed by atoms with Gasteiger partial charge in [0.15, 0.2) is 11.5 Å². The number of hydrogen-bond acceptors (Lipinski definition) is 7. The summed E-state index contributed by atoms with van der Waals surface area (Å²) < 4.78 is 10.9. The molecule has 2 N–H and O–H groups in total. The van der Waals surface area contributed by atoms with Crippen LogP contribution in [0.2, 0.25) is 0 Å². The van der Waals surface area contributed by atoms with Gasteiger partial charge in [-0.1, -0.05) is 60.4 Å². The molecule has 1 saturated heterocycles. The first-order valence-electron chi connectivity index (χ1n) is 10.4. The predicted molar refractivity (Wildman–Crippen MR) is 134 cm³/mol. The lowest BCUT2D eigenvalue weighted by Gasteiger charge is -2.17. The van der Waals surface area contributed by atoms with E-state index in [0.717, 1.165) is 22.9 Å². The van der Waals surface area contributed by atoms with Crippen molar-refractivity contribution in [3.8, 4) is 11.5 Å². The molecule has 2 aromatic rings. The summed E-state index contributed by atoms with van der Waals surface area (Å²) in [6, 6.07) is 13.3. The van der Waals surface area contributed by atoms with Crippen molar-refractivity contribution < 1.29 is 29.0 Å². The van der Waals surface area contributed by atoms with Gasteiger partial charge < -0.3 is 19.9 Å². The number of carbonyl (C=O) groups is 3. The number of nitrogens with zero attached hydrogens (tertiary/aromatic N) is 1. The van der Waals surface area contributed by atoms with Crippen LogP contribution >= 0.6 is 24.0 Å². The molecule has 1 fully saturated rings. The van der Waals surface area contributed by atoms with Crippen molar-refractivity contribution in [2.45, 2.75) is 18.9 Å². The predicted octanol–water partition coefficient (Wildman–Crippen LogP) is 3.11. The van der Waals surface area contributed by atoms with E-state index >= 15 is 0 Å². The summed E-state index contributed by atoms with van der Waals surface area (Å²) in [6.07, 6.45) is 1.79. The molecule has 10 heteroatoms. The molecule has 178 valence electrons. The summed E-state index contributed by atoms with van der Waals surface area (Å²) >= 11 is 6.47. The van der Waals surface area contributed by atoms with Crippen molar-refractivity contribution in [1.82, 2.24) is 10.2 Å². The van der Waals surface area contributed by atoms with Crippen LogP contribution in [0.3, 0.4) is 0 Å². The van der Waals surface area contributed by atoms with Crippen molar-refractivity contribution in [3.63, 3.8) is 0 Å². The van der Waals surface area contributed by atoms with Crippen LogP contribution in [0.15, 0.2) is 53.4 Å². The third-order valence-corrected chi connectivity index (χ3v) is 6.44. The van der Waals surface area contributed by atoms with Crippen molar-refractivity contribution in [2.24, 2.45) is 0 Å². The number of thiocarbonyl (C=S) groups is 1. The molecule has 1 heterocycles. The lowest BCUT2D eigenvalue weighted by molar-refractivity contribution is -0.141. The Morgan fingerprint density at radius 2 is 1.85 bits per heavy atom. The molecule has 1 aliphatic rings. The van der Waals surface area contributed by atoms with E-state index < -0.39 is 17.9 Å². The number of hydrogen-bond donors (Lipinski definition) is 2. The molecule has 1 aliphatic heterocycles. The second-order valence-corrected chi connectivity index (χ2v) is 9.02. The Labute approximate surface area is 206 Å². The first kappa shape index (κ1) is 25.3. The van der Waals surface area contributed by atoms with Crippen LogP contribution in [0.1, 0.15) is 17.5 Å². The number of carbonyl (C=O) groups excluding carboxylic acids is 2. The van der Waals surface area contributed by atoms with E-state index in [0.29, 0.717) is 20.7 Å². The Kier molecular flexibility index (Phi) is 8.67. The van der Waals surface area contributed by atoms with Crippen molar-refractivity contribution in [2.75, 3.05) is 20.8 Å². The van der Waals surface area contributed by atoms with E-state index in [1.807, 2.05) is 6.07 Å². The van der Waals surface area contributed by atoms with Crippen LogP contribution in [0.4, 0.5) is 0 Å². The van der Waals surface area contributed by atoms with Crippen LogP contribution in [0.5, 0.6) is 11.5 Å². The lowest BCUT2D eigenvalue weighted by Crippen LogP contribution is -2.43. The fourth-order valence-corrected chi connectivity index (χ4v) is 4.63. The molecule has 1 unspecified atom stereocenters. The van der Waals surface area contributed by atoms with Gasteiger partial charge >= 0.3 is 5.97 Å². The standard InChI is InChI=1S/C24H24N2O6S2/c1-31-18-9-8-16(13-19(18)32-2)14-20-22(28)26(24(33)34-20)11-10-21(27)25-17(23(29)30)12-15-6-4-3-5-7-15/h3-9,13-14,17H,10-12H2,1-2H3,(H,25,27)(H,29,30)/b20-14+. The Morgan fingerprint density at radius 3 is 2.50 bits per heavy atom. The molecule has 0 aromatic heterocycles. The van der Waals surface area contributed by atoms with Gasteiger partial charge in [-0.15, -0.1) is 0 Å². The summed E-state index contributed by atoms with van der Waals surface area (Å²) in [4.78, 5) is 38.6. The molecule has 8 nitrogen and oxygen atoms in total. The SMILES string of the molecule is COc1ccc(/C=C2/SC(=S)N(CCC(=O)NC(Cc3ccccc3)C(=O)O)C2=O)cc1OC. The van der Waals surface area contributed by atoms with Gasteiger partial charge in [0.25, 0.3) is 5.91 Å². The molecule has 0 spiro atoms. The van der Waals surface area contributed by atoms with Gasteiger partial charge in [-0.3, -0.25) is 14.5 Å². The number of thioether (sulfide) groups is 1. The summed E-state index contributed by atoms with van der Waals surface area (Å²) in [5, 5.41) is 12.0. The molecule has 0 bridgehead atoms. The summed E-state index contributed by atoms with van der Waals surface area (Å²) in [7, 11) is 3.07. The highest BCUT2D eigenvalue weighted by Crippen LogP contribution is 2.34. The van der Waals surface area contributed by atoms with Crippen molar-refractivity contribution in [1.29, 1.82) is 0 Å². The third kappa shape index (κ3) is 6.36. The average molecular weight is 501 g/mol. The van der Waals surface area contributed by atoms with Crippen LogP contribution in [0.25, 0.3) is 6.08 Å². The minimum Gasteiger partial charge on any atom is -0.493 e. The fraction of sp³-hybridized carbons (Fsp3) is 0.250. The van der Waals surface area contributed by atoms with Gasteiger partial charge in [-0.05, 0) is 29.3 Å². The van der Waals surface area contributed by atoms with Crippen LogP contribution in [-0.4, -0.2) is 58.9 Å². The van der Waals surface area contributed by atoms with Gasteiger partial charge in [0.05, 0.1) is 19.1 Å². The molecule has 3 rings (SSSR count). The smallest absolute Gasteiger partial charge is 0.326 e. The van der Waals surface area contributed by atoms with E-state index in [1.54, 1.807) is 55.7 Å². The molecule has 0 radical (unpaired) electrons. The first-order valence-corrected chi connectivity index (χ1v) is 11.6. The number of methoxy groups -OCH3 is 2. The molecule has 2 amide bonds. The van der Waals surface area contributed by atoms with Gasteiger partial charge in [0.1, 0.15) is 10.4 Å². The number of aliphatic carboxylic acids is 1. The zero-order chi connectivity index (χ0) is 24.7.